The first-order valence-electron chi connectivity index (χ1n) is 6.17. The van der Waals surface area contributed by atoms with Crippen molar-refractivity contribution in [3.8, 4) is 0 Å². The van der Waals surface area contributed by atoms with Crippen molar-refractivity contribution in [3.05, 3.63) is 18.2 Å². The highest BCUT2D eigenvalue weighted by atomic mass is 16.5. The van der Waals surface area contributed by atoms with Crippen LogP contribution in [0.4, 0.5) is 0 Å². The van der Waals surface area contributed by atoms with E-state index in [9.17, 15) is 0 Å². The maximum absolute atomic E-state index is 5.01. The van der Waals surface area contributed by atoms with Crippen LogP contribution in [-0.2, 0) is 11.3 Å². The van der Waals surface area contributed by atoms with Gasteiger partial charge in [-0.15, -0.1) is 0 Å². The van der Waals surface area contributed by atoms with Gasteiger partial charge in [-0.25, -0.2) is 4.98 Å². The quantitative estimate of drug-likeness (QED) is 0.774. The Hall–Kier alpha value is -0.870. The van der Waals surface area contributed by atoms with Gasteiger partial charge in [-0.1, -0.05) is 20.8 Å². The van der Waals surface area contributed by atoms with Crippen LogP contribution in [0.3, 0.4) is 0 Å². The van der Waals surface area contributed by atoms with Gasteiger partial charge in [-0.05, 0) is 12.3 Å². The van der Waals surface area contributed by atoms with Gasteiger partial charge in [-0.2, -0.15) is 0 Å². The van der Waals surface area contributed by atoms with Gasteiger partial charge in [0.25, 0.3) is 0 Å². The van der Waals surface area contributed by atoms with Crippen molar-refractivity contribution in [1.82, 2.24) is 14.9 Å². The van der Waals surface area contributed by atoms with Gasteiger partial charge in [-0.3, -0.25) is 0 Å². The van der Waals surface area contributed by atoms with Crippen LogP contribution in [0.25, 0.3) is 0 Å². The van der Waals surface area contributed by atoms with Gasteiger partial charge in [0.2, 0.25) is 0 Å². The highest BCUT2D eigenvalue weighted by Gasteiger charge is 2.22. The van der Waals surface area contributed by atoms with Crippen LogP contribution in [0.1, 0.15) is 39.4 Å². The Morgan fingerprint density at radius 3 is 2.76 bits per heavy atom. The molecule has 0 bridgehead atoms. The van der Waals surface area contributed by atoms with E-state index >= 15 is 0 Å². The summed E-state index contributed by atoms with van der Waals surface area (Å²) in [6, 6.07) is 0.434. The van der Waals surface area contributed by atoms with Crippen LogP contribution >= 0.6 is 0 Å². The third kappa shape index (κ3) is 4.13. The molecule has 0 aromatic carbocycles. The molecule has 0 saturated heterocycles. The number of methoxy groups -OCH3 is 1. The smallest absolute Gasteiger partial charge is 0.0951 e. The molecule has 1 rings (SSSR count). The molecular formula is C13H25N3O. The lowest BCUT2D eigenvalue weighted by molar-refractivity contribution is 0.198. The minimum Gasteiger partial charge on any atom is -0.383 e. The topological polar surface area (TPSA) is 39.1 Å². The van der Waals surface area contributed by atoms with Gasteiger partial charge in [0.05, 0.1) is 18.6 Å². The van der Waals surface area contributed by atoms with Crippen molar-refractivity contribution in [2.75, 3.05) is 20.3 Å². The van der Waals surface area contributed by atoms with E-state index in [1.54, 1.807) is 7.11 Å². The first-order chi connectivity index (χ1) is 7.96. The van der Waals surface area contributed by atoms with Gasteiger partial charge in [0.15, 0.2) is 0 Å². The third-order valence-corrected chi connectivity index (χ3v) is 3.21. The van der Waals surface area contributed by atoms with E-state index in [1.807, 2.05) is 12.5 Å². The molecule has 1 unspecified atom stereocenters. The molecule has 17 heavy (non-hydrogen) atoms. The summed E-state index contributed by atoms with van der Waals surface area (Å²) in [6.07, 6.45) is 3.85. The van der Waals surface area contributed by atoms with Gasteiger partial charge in [0.1, 0.15) is 0 Å². The van der Waals surface area contributed by atoms with Crippen molar-refractivity contribution in [2.45, 2.75) is 40.3 Å². The normalized spacial score (nSPS) is 13.9. The fourth-order valence-electron chi connectivity index (χ4n) is 1.63. The third-order valence-electron chi connectivity index (χ3n) is 3.21. The van der Waals surface area contributed by atoms with Gasteiger partial charge < -0.3 is 14.6 Å². The maximum atomic E-state index is 5.01. The Kier molecular flexibility index (Phi) is 5.15. The summed E-state index contributed by atoms with van der Waals surface area (Å²) < 4.78 is 7.26. The second kappa shape index (κ2) is 6.17. The Labute approximate surface area is 104 Å². The molecule has 0 aliphatic heterocycles. The molecule has 4 nitrogen and oxygen atoms in total. The number of nitrogens with zero attached hydrogens (tertiary/aromatic N) is 2. The molecule has 0 fully saturated rings. The molecule has 0 saturated carbocycles. The van der Waals surface area contributed by atoms with E-state index in [4.69, 9.17) is 4.74 Å². The first kappa shape index (κ1) is 14.2. The fourth-order valence-corrected chi connectivity index (χ4v) is 1.63. The summed E-state index contributed by atoms with van der Waals surface area (Å²) in [6.45, 7) is 11.4. The van der Waals surface area contributed by atoms with E-state index in [-0.39, 0.29) is 5.41 Å². The summed E-state index contributed by atoms with van der Waals surface area (Å²) in [5.74, 6) is 0. The molecule has 0 aliphatic rings. The summed E-state index contributed by atoms with van der Waals surface area (Å²) >= 11 is 0. The van der Waals surface area contributed by atoms with Gasteiger partial charge in [0, 0.05) is 32.4 Å². The number of rotatable bonds is 6. The predicted molar refractivity (Wildman–Crippen MR) is 70.0 cm³/mol. The molecule has 0 spiro atoms. The zero-order valence-corrected chi connectivity index (χ0v) is 11.7. The van der Waals surface area contributed by atoms with Crippen molar-refractivity contribution in [3.63, 3.8) is 0 Å². The highest BCUT2D eigenvalue weighted by molar-refractivity contribution is 5.01. The predicted octanol–water partition coefficient (Wildman–Crippen LogP) is 2.23. The van der Waals surface area contributed by atoms with E-state index < -0.39 is 0 Å². The molecule has 0 aliphatic carbocycles. The van der Waals surface area contributed by atoms with Crippen LogP contribution in [-0.4, -0.2) is 29.8 Å². The Morgan fingerprint density at radius 2 is 2.18 bits per heavy atom. The largest absolute Gasteiger partial charge is 0.383 e. The Bertz CT molecular complexity index is 328. The number of imidazole rings is 1. The zero-order valence-electron chi connectivity index (χ0n) is 11.7. The number of ether oxygens (including phenoxy) is 1. The molecule has 4 heteroatoms. The molecule has 1 aromatic rings. The summed E-state index contributed by atoms with van der Waals surface area (Å²) in [7, 11) is 1.72. The average molecular weight is 239 g/mol. The lowest BCUT2D eigenvalue weighted by Crippen LogP contribution is -2.25. The molecule has 1 heterocycles. The van der Waals surface area contributed by atoms with E-state index in [0.717, 1.165) is 19.7 Å². The Morgan fingerprint density at radius 1 is 1.47 bits per heavy atom. The molecule has 1 atom stereocenters. The number of aromatic nitrogens is 2. The summed E-state index contributed by atoms with van der Waals surface area (Å²) in [4.78, 5) is 4.25. The lowest BCUT2D eigenvalue weighted by Gasteiger charge is -2.29. The van der Waals surface area contributed by atoms with Crippen LogP contribution in [0.15, 0.2) is 12.5 Å². The van der Waals surface area contributed by atoms with Crippen LogP contribution in [0, 0.1) is 5.41 Å². The standard InChI is InChI=1S/C13H25N3O/c1-11(13(2,3)4)16-10-15-9-12(16)8-14-6-7-17-5/h9-11,14H,6-8H2,1-5H3. The second-order valence-electron chi connectivity index (χ2n) is 5.50. The SMILES string of the molecule is COCCNCc1cncn1C(C)C(C)(C)C. The molecule has 1 aromatic heterocycles. The highest BCUT2D eigenvalue weighted by Crippen LogP contribution is 2.30. The maximum Gasteiger partial charge on any atom is 0.0951 e. The summed E-state index contributed by atoms with van der Waals surface area (Å²) in [5.41, 5.74) is 1.46. The van der Waals surface area contributed by atoms with Crippen molar-refractivity contribution in [2.24, 2.45) is 5.41 Å². The molecule has 1 N–H and O–H groups in total. The van der Waals surface area contributed by atoms with Crippen molar-refractivity contribution in [1.29, 1.82) is 0 Å². The minimum atomic E-state index is 0.238. The molecule has 0 amide bonds. The minimum absolute atomic E-state index is 0.238. The Balaban J connectivity index is 2.60. The molecule has 0 radical (unpaired) electrons. The van der Waals surface area contributed by atoms with E-state index in [0.29, 0.717) is 6.04 Å². The molecular weight excluding hydrogens is 214 g/mol. The number of nitrogens with one attached hydrogen (secondary N) is 1. The average Bonchev–Trinajstić information content (AvgIpc) is 2.70. The number of hydrogen-bond donors (Lipinski definition) is 1. The molecule has 98 valence electrons. The monoisotopic (exact) mass is 239 g/mol. The number of hydrogen-bond acceptors (Lipinski definition) is 3. The van der Waals surface area contributed by atoms with E-state index in [1.165, 1.54) is 5.69 Å². The van der Waals surface area contributed by atoms with E-state index in [2.05, 4.69) is 42.6 Å². The zero-order chi connectivity index (χ0) is 12.9. The van der Waals surface area contributed by atoms with Crippen LogP contribution in [0.2, 0.25) is 0 Å². The lowest BCUT2D eigenvalue weighted by atomic mass is 9.88. The van der Waals surface area contributed by atoms with Gasteiger partial charge >= 0.3 is 0 Å². The van der Waals surface area contributed by atoms with Crippen molar-refractivity contribution >= 4 is 0 Å². The summed E-state index contributed by atoms with van der Waals surface area (Å²) in [5, 5.41) is 3.35. The fraction of sp³-hybridized carbons (Fsp3) is 0.769. The van der Waals surface area contributed by atoms with Crippen LogP contribution < -0.4 is 5.32 Å². The first-order valence-corrected chi connectivity index (χ1v) is 6.17. The van der Waals surface area contributed by atoms with Crippen molar-refractivity contribution < 1.29 is 4.74 Å². The second-order valence-corrected chi connectivity index (χ2v) is 5.50. The van der Waals surface area contributed by atoms with Crippen LogP contribution in [0.5, 0.6) is 0 Å².